The maximum Gasteiger partial charge on any atom is 2.00 e. The number of benzene rings is 1. The average Bonchev–Trinajstić information content (AvgIpc) is 1.50. The van der Waals surface area contributed by atoms with Crippen molar-refractivity contribution < 1.29 is 147 Å². The van der Waals surface area contributed by atoms with Gasteiger partial charge in [-0.1, -0.05) is 77.0 Å². The molecule has 3 radical (unpaired) electrons. The molecule has 18 aliphatic rings. The Morgan fingerprint density at radius 1 is 0.303 bits per heavy atom. The van der Waals surface area contributed by atoms with Crippen molar-refractivity contribution in [3.8, 4) is 0 Å². The third-order valence-electron chi connectivity index (χ3n) is 31.7. The smallest absolute Gasteiger partial charge is 0.748 e. The molecule has 10 heterocycles. The summed E-state index contributed by atoms with van der Waals surface area (Å²) in [5, 5.41) is 50.1. The van der Waals surface area contributed by atoms with Gasteiger partial charge in [-0.05, 0) is 191 Å². The maximum atomic E-state index is 13.1. The van der Waals surface area contributed by atoms with Crippen LogP contribution >= 0.6 is 0 Å². The number of nitrogens with one attached hydrogen (secondary N) is 18. The second kappa shape index (κ2) is 37.7. The number of anilines is 2. The van der Waals surface area contributed by atoms with E-state index < -0.39 is 164 Å². The number of hydrogen-bond acceptors (Lipinski definition) is 38. The van der Waals surface area contributed by atoms with E-state index in [1.54, 1.807) is 0 Å². The Morgan fingerprint density at radius 3 is 0.672 bits per heavy atom. The summed E-state index contributed by atoms with van der Waals surface area (Å²) in [6.07, 6.45) is 19.9. The molecular formula is C72H116Cu3N18O22S7. The molecule has 50 heteroatoms. The van der Waals surface area contributed by atoms with Crippen LogP contribution in [0.15, 0.2) is 23.1 Å². The van der Waals surface area contributed by atoms with Crippen LogP contribution in [0.2, 0.25) is 0 Å². The summed E-state index contributed by atoms with van der Waals surface area (Å²) < 4.78 is 262. The van der Waals surface area contributed by atoms with Crippen molar-refractivity contribution in [3.05, 3.63) is 18.2 Å². The van der Waals surface area contributed by atoms with Crippen LogP contribution in [-0.2, 0) is 127 Å². The SMILES string of the molecule is CNc1ccc(NC=O)cc1S(=O)(=O)O.O=S(=O)([O-])C1CC2C3NC4NC(NC5NC(NC6NC(NC(N3)C2C(S(=O)(=O)[O-])C1S(=O)(=O)[O-])C1CCCCC61)C1CCCCC51)C1CCCCC41.O=S(=O)([O-])C1CC2C3NC4NC(NC5NC(NC6NC(NC(N3)C2C(S(=O)(=O)[O-])C1S(=O)(=O)[O-])C1CCCCC61)C1CCCCC51)C1CCCCC41.[Cu+2].[Cu+2].[Cu+2]. The topological polar surface area (TPSA) is 631 Å². The second-order valence-corrected chi connectivity index (χ2v) is 48.2. The number of amides is 1. The van der Waals surface area contributed by atoms with E-state index in [1.165, 1.54) is 44.9 Å². The van der Waals surface area contributed by atoms with E-state index in [0.29, 0.717) is 30.1 Å². The van der Waals surface area contributed by atoms with Crippen molar-refractivity contribution in [3.63, 3.8) is 0 Å². The average molecular weight is 2000 g/mol. The minimum absolute atomic E-state index is 0. The summed E-state index contributed by atoms with van der Waals surface area (Å²) in [6.45, 7) is 0. The molecule has 122 heavy (non-hydrogen) atoms. The molecule has 0 spiro atoms. The van der Waals surface area contributed by atoms with Crippen LogP contribution in [0.25, 0.3) is 0 Å². The van der Waals surface area contributed by atoms with Crippen molar-refractivity contribution in [1.82, 2.24) is 85.1 Å². The van der Waals surface area contributed by atoms with Crippen molar-refractivity contribution in [2.24, 2.45) is 94.7 Å². The van der Waals surface area contributed by atoms with Crippen LogP contribution in [0.4, 0.5) is 11.4 Å². The van der Waals surface area contributed by atoms with E-state index in [9.17, 15) is 91.0 Å². The zero-order valence-electron chi connectivity index (χ0n) is 66.9. The van der Waals surface area contributed by atoms with Crippen LogP contribution in [0, 0.1) is 94.7 Å². The molecule has 701 valence electrons. The molecule has 40 nitrogen and oxygen atoms in total. The molecular weight excluding hydrogens is 1880 g/mol. The minimum atomic E-state index is -5.73. The van der Waals surface area contributed by atoms with Gasteiger partial charge in [-0.2, -0.15) is 8.42 Å². The molecule has 19 rings (SSSR count). The summed E-state index contributed by atoms with van der Waals surface area (Å²) in [4.78, 5) is 9.87. The Morgan fingerprint density at radius 2 is 0.500 bits per heavy atom. The summed E-state index contributed by atoms with van der Waals surface area (Å²) in [5.74, 6) is -1.00. The first-order valence-electron chi connectivity index (χ1n) is 43.2. The van der Waals surface area contributed by atoms with Gasteiger partial charge in [-0.3, -0.25) is 94.4 Å². The van der Waals surface area contributed by atoms with Crippen LogP contribution in [-0.4, -0.2) is 234 Å². The predicted molar refractivity (Wildman–Crippen MR) is 423 cm³/mol. The van der Waals surface area contributed by atoms with Crippen LogP contribution in [0.1, 0.15) is 167 Å². The fraction of sp³-hybridized carbons (Fsp3) is 0.903. The summed E-state index contributed by atoms with van der Waals surface area (Å²) >= 11 is 0. The van der Waals surface area contributed by atoms with Crippen LogP contribution < -0.4 is 95.7 Å². The van der Waals surface area contributed by atoms with Crippen molar-refractivity contribution >= 4 is 88.6 Å². The van der Waals surface area contributed by atoms with E-state index in [2.05, 4.69) is 95.7 Å². The zero-order valence-corrected chi connectivity index (χ0v) is 75.5. The number of rotatable bonds is 10. The molecule has 10 aliphatic heterocycles. The summed E-state index contributed by atoms with van der Waals surface area (Å²) in [5.41, 5.74) is 0.547. The van der Waals surface area contributed by atoms with Crippen LogP contribution in [0.5, 0.6) is 0 Å². The van der Waals surface area contributed by atoms with Crippen LogP contribution in [0.3, 0.4) is 0 Å². The molecule has 1 aromatic carbocycles. The molecule has 16 bridgehead atoms. The van der Waals surface area contributed by atoms with E-state index in [0.717, 1.165) is 134 Å². The van der Waals surface area contributed by atoms with Gasteiger partial charge in [0, 0.05) is 24.6 Å². The molecule has 38 unspecified atom stereocenters. The number of fused-ring (bicyclic) bond motifs is 40. The minimum Gasteiger partial charge on any atom is -0.748 e. The van der Waals surface area contributed by atoms with Gasteiger partial charge in [0.25, 0.3) is 10.1 Å². The van der Waals surface area contributed by atoms with E-state index >= 15 is 0 Å². The quantitative estimate of drug-likeness (QED) is 0.0626. The third-order valence-corrected chi connectivity index (χ3v) is 40.9. The van der Waals surface area contributed by atoms with E-state index in [-0.39, 0.29) is 189 Å². The van der Waals surface area contributed by atoms with Gasteiger partial charge in [0.15, 0.2) is 0 Å². The first kappa shape index (κ1) is 96.8. The first-order chi connectivity index (χ1) is 56.3. The maximum absolute atomic E-state index is 13.1. The summed E-state index contributed by atoms with van der Waals surface area (Å²) in [7, 11) is -36.5. The monoisotopic (exact) mass is 2000 g/mol. The van der Waals surface area contributed by atoms with Crippen molar-refractivity contribution in [2.45, 2.75) is 302 Å². The first-order valence-corrected chi connectivity index (χ1v) is 53.4. The number of hydrogen-bond donors (Lipinski definition) is 19. The van der Waals surface area contributed by atoms with Gasteiger partial charge in [0.05, 0.1) is 176 Å². The molecule has 1 amide bonds. The van der Waals surface area contributed by atoms with Gasteiger partial charge < -0.3 is 38.0 Å². The Labute approximate surface area is 747 Å². The molecule has 8 saturated carbocycles. The molecule has 19 N–H and O–H groups in total. The zero-order chi connectivity index (χ0) is 84.1. The molecule has 10 saturated heterocycles. The fourth-order valence-corrected chi connectivity index (χ4v) is 37.6. The normalized spacial score (nSPS) is 45.9. The molecule has 18 fully saturated rings. The molecule has 0 aromatic heterocycles. The molecule has 8 aliphatic carbocycles. The Balaban J connectivity index is 0.000000167. The standard InChI is InChI=1S/2C32H56N8O9S3.C8H10N2O4S.3Cu/c2*41-50(42,43)21-13-20-22(24(52(47,48)49)23(21)51(44,45)46)32-39-30-19-12-6-5-11-18(19)28(37-30)35-26-15-8-2-1-7-14(15)25(33-26)34-27-16-9-3-4-10-17(16)29(36-27)38-31(20)40-32;1-9-7-3-2-6(10-5-11)4-8(7)15(12,13)14;;;/h2*14-40H,1-13H2,(H,41,42,43)(H,44,45,46)(H,47,48,49);2-5,9H,1H3,(H,10,11)(H,12,13,14);;;/q;;;3*+2/p-6. The Hall–Kier alpha value is -1.22. The van der Waals surface area contributed by atoms with Crippen molar-refractivity contribution in [1.29, 1.82) is 0 Å². The molecule has 38 atom stereocenters. The molecule has 1 aromatic rings. The Kier molecular flexibility index (Phi) is 29.9. The summed E-state index contributed by atoms with van der Waals surface area (Å²) in [6, 6.07) is 4.11. The van der Waals surface area contributed by atoms with Gasteiger partial charge in [0.1, 0.15) is 25.1 Å². The Bertz CT molecular complexity index is 4510. The fourth-order valence-electron chi connectivity index (χ4n) is 27.0. The van der Waals surface area contributed by atoms with E-state index in [4.69, 9.17) is 4.55 Å². The van der Waals surface area contributed by atoms with Gasteiger partial charge >= 0.3 is 51.2 Å². The van der Waals surface area contributed by atoms with Gasteiger partial charge in [-0.25, -0.2) is 50.5 Å². The second-order valence-electron chi connectivity index (χ2n) is 37.5. The van der Waals surface area contributed by atoms with Crippen molar-refractivity contribution in [2.75, 3.05) is 17.7 Å². The number of carbonyl (C=O) groups excluding carboxylic acids is 1. The van der Waals surface area contributed by atoms with Gasteiger partial charge in [0.2, 0.25) is 6.41 Å². The van der Waals surface area contributed by atoms with Gasteiger partial charge in [-0.15, -0.1) is 0 Å². The largest absolute Gasteiger partial charge is 2.00 e. The predicted octanol–water partition coefficient (Wildman–Crippen LogP) is -3.11. The third kappa shape index (κ3) is 19.2. The van der Waals surface area contributed by atoms with E-state index in [1.807, 2.05) is 0 Å². The number of carbonyl (C=O) groups is 1.